The Morgan fingerprint density at radius 1 is 1.19 bits per heavy atom. The van der Waals surface area contributed by atoms with Crippen LogP contribution in [0.1, 0.15) is 12.5 Å². The van der Waals surface area contributed by atoms with Crippen LogP contribution in [0.5, 0.6) is 0 Å². The third kappa shape index (κ3) is 2.90. The number of hydrogen-bond acceptors (Lipinski definition) is 2. The Morgan fingerprint density at radius 2 is 1.90 bits per heavy atom. The monoisotopic (exact) mass is 298 g/mol. The molecule has 2 amide bonds. The Bertz CT molecular complexity index is 671. The molecule has 0 fully saturated rings. The number of carbonyl (C=O) groups is 1. The second-order valence-corrected chi connectivity index (χ2v) is 6.73. The van der Waals surface area contributed by atoms with E-state index in [1.165, 1.54) is 0 Å². The number of urea groups is 1. The molecule has 0 radical (unpaired) electrons. The van der Waals surface area contributed by atoms with E-state index in [1.807, 2.05) is 66.1 Å². The molecule has 0 bridgehead atoms. The summed E-state index contributed by atoms with van der Waals surface area (Å²) in [6.07, 6.45) is 0. The van der Waals surface area contributed by atoms with Crippen LogP contribution in [-0.4, -0.2) is 17.8 Å². The number of benzene rings is 2. The molecule has 0 aliphatic carbocycles. The number of hydrogen-bond donors (Lipinski definition) is 1. The van der Waals surface area contributed by atoms with Crippen molar-refractivity contribution in [2.24, 2.45) is 0 Å². The maximum absolute atomic E-state index is 12.6. The maximum Gasteiger partial charge on any atom is 0.326 e. The van der Waals surface area contributed by atoms with Crippen LogP contribution in [0.2, 0.25) is 0 Å². The summed E-state index contributed by atoms with van der Waals surface area (Å²) in [5, 5.41) is 3.41. The minimum Gasteiger partial charge on any atom is -0.307 e. The minimum absolute atomic E-state index is 0.0658. The number of amides is 2. The first-order valence-electron chi connectivity index (χ1n) is 7.05. The van der Waals surface area contributed by atoms with Crippen LogP contribution in [0.15, 0.2) is 53.4 Å². The first kappa shape index (κ1) is 14.0. The van der Waals surface area contributed by atoms with Crippen molar-refractivity contribution in [2.45, 2.75) is 24.0 Å². The Kier molecular flexibility index (Phi) is 3.88. The summed E-state index contributed by atoms with van der Waals surface area (Å²) in [6.45, 7) is 4.87. The van der Waals surface area contributed by atoms with Crippen LogP contribution in [0, 0.1) is 6.92 Å². The molecule has 1 atom stereocenters. The largest absolute Gasteiger partial charge is 0.326 e. The summed E-state index contributed by atoms with van der Waals surface area (Å²) in [4.78, 5) is 15.6. The van der Waals surface area contributed by atoms with E-state index in [2.05, 4.69) is 18.3 Å². The highest BCUT2D eigenvalue weighted by Crippen LogP contribution is 2.38. The Balaban J connectivity index is 1.87. The van der Waals surface area contributed by atoms with Crippen LogP contribution >= 0.6 is 11.8 Å². The highest BCUT2D eigenvalue weighted by molar-refractivity contribution is 8.00. The molecule has 108 valence electrons. The van der Waals surface area contributed by atoms with E-state index < -0.39 is 0 Å². The van der Waals surface area contributed by atoms with Gasteiger partial charge in [-0.15, -0.1) is 11.8 Å². The Labute approximate surface area is 129 Å². The lowest BCUT2D eigenvalue weighted by molar-refractivity contribution is 0.256. The van der Waals surface area contributed by atoms with Crippen molar-refractivity contribution in [1.82, 2.24) is 0 Å². The smallest absolute Gasteiger partial charge is 0.307 e. The molecular formula is C17H18N2OS. The van der Waals surface area contributed by atoms with Gasteiger partial charge in [0.1, 0.15) is 0 Å². The molecule has 4 heteroatoms. The third-order valence-electron chi connectivity index (χ3n) is 3.56. The fourth-order valence-corrected chi connectivity index (χ4v) is 3.59. The standard InChI is InChI=1S/C17H18N2OS/c1-12-7-3-4-8-14(12)18-17(20)19-11-13(2)21-16-10-6-5-9-15(16)19/h3-10,13H,11H2,1-2H3,(H,18,20)/t13-/m0/s1. The molecule has 0 unspecified atom stereocenters. The molecule has 3 rings (SSSR count). The van der Waals surface area contributed by atoms with Gasteiger partial charge in [0.2, 0.25) is 0 Å². The van der Waals surface area contributed by atoms with E-state index in [4.69, 9.17) is 0 Å². The molecule has 0 saturated heterocycles. The molecule has 21 heavy (non-hydrogen) atoms. The molecule has 1 N–H and O–H groups in total. The Morgan fingerprint density at radius 3 is 2.71 bits per heavy atom. The number of nitrogens with zero attached hydrogens (tertiary/aromatic N) is 1. The van der Waals surface area contributed by atoms with Gasteiger partial charge in [-0.05, 0) is 30.7 Å². The van der Waals surface area contributed by atoms with Crippen molar-refractivity contribution < 1.29 is 4.79 Å². The number of carbonyl (C=O) groups excluding carboxylic acids is 1. The van der Waals surface area contributed by atoms with Gasteiger partial charge in [0.15, 0.2) is 0 Å². The molecule has 0 saturated carbocycles. The minimum atomic E-state index is -0.0658. The van der Waals surface area contributed by atoms with Crippen LogP contribution < -0.4 is 10.2 Å². The van der Waals surface area contributed by atoms with Gasteiger partial charge in [-0.3, -0.25) is 4.90 Å². The van der Waals surface area contributed by atoms with Crippen molar-refractivity contribution in [3.8, 4) is 0 Å². The molecule has 1 aliphatic heterocycles. The first-order chi connectivity index (χ1) is 10.1. The van der Waals surface area contributed by atoms with E-state index >= 15 is 0 Å². The van der Waals surface area contributed by atoms with Gasteiger partial charge in [0.25, 0.3) is 0 Å². The normalized spacial score (nSPS) is 17.2. The Hall–Kier alpha value is -1.94. The zero-order valence-electron chi connectivity index (χ0n) is 12.2. The zero-order valence-corrected chi connectivity index (χ0v) is 13.0. The number of thioether (sulfide) groups is 1. The molecule has 1 heterocycles. The first-order valence-corrected chi connectivity index (χ1v) is 7.93. The lowest BCUT2D eigenvalue weighted by Crippen LogP contribution is -2.41. The molecule has 3 nitrogen and oxygen atoms in total. The molecular weight excluding hydrogens is 280 g/mol. The summed E-state index contributed by atoms with van der Waals surface area (Å²) in [5.74, 6) is 0. The van der Waals surface area contributed by atoms with Crippen molar-refractivity contribution in [1.29, 1.82) is 0 Å². The summed E-state index contributed by atoms with van der Waals surface area (Å²) in [5.41, 5.74) is 2.93. The molecule has 2 aromatic rings. The van der Waals surface area contributed by atoms with E-state index in [1.54, 1.807) is 0 Å². The van der Waals surface area contributed by atoms with Gasteiger partial charge in [0, 0.05) is 22.4 Å². The van der Waals surface area contributed by atoms with Crippen molar-refractivity contribution >= 4 is 29.2 Å². The van der Waals surface area contributed by atoms with E-state index in [0.717, 1.165) is 28.4 Å². The lowest BCUT2D eigenvalue weighted by atomic mass is 10.2. The van der Waals surface area contributed by atoms with Crippen LogP contribution in [0.4, 0.5) is 16.2 Å². The van der Waals surface area contributed by atoms with Crippen LogP contribution in [0.25, 0.3) is 0 Å². The summed E-state index contributed by atoms with van der Waals surface area (Å²) < 4.78 is 0. The quantitative estimate of drug-likeness (QED) is 0.839. The average molecular weight is 298 g/mol. The second-order valence-electron chi connectivity index (χ2n) is 5.25. The maximum atomic E-state index is 12.6. The SMILES string of the molecule is Cc1ccccc1NC(=O)N1C[C@H](C)Sc2ccccc21. The van der Waals surface area contributed by atoms with Crippen LogP contribution in [0.3, 0.4) is 0 Å². The second kappa shape index (κ2) is 5.82. The van der Waals surface area contributed by atoms with E-state index in [-0.39, 0.29) is 6.03 Å². The number of anilines is 2. The van der Waals surface area contributed by atoms with Crippen molar-refractivity contribution in [3.05, 3.63) is 54.1 Å². The van der Waals surface area contributed by atoms with Gasteiger partial charge >= 0.3 is 6.03 Å². The molecule has 0 spiro atoms. The van der Waals surface area contributed by atoms with Gasteiger partial charge in [0.05, 0.1) is 5.69 Å². The number of rotatable bonds is 1. The summed E-state index contributed by atoms with van der Waals surface area (Å²) >= 11 is 1.82. The predicted molar refractivity (Wildman–Crippen MR) is 89.3 cm³/mol. The third-order valence-corrected chi connectivity index (χ3v) is 4.71. The van der Waals surface area contributed by atoms with E-state index in [0.29, 0.717) is 5.25 Å². The lowest BCUT2D eigenvalue weighted by Gasteiger charge is -2.32. The zero-order chi connectivity index (χ0) is 14.8. The fourth-order valence-electron chi connectivity index (χ4n) is 2.48. The highest BCUT2D eigenvalue weighted by Gasteiger charge is 2.26. The van der Waals surface area contributed by atoms with Crippen molar-refractivity contribution in [2.75, 3.05) is 16.8 Å². The van der Waals surface area contributed by atoms with Gasteiger partial charge in [-0.25, -0.2) is 4.79 Å². The van der Waals surface area contributed by atoms with E-state index in [9.17, 15) is 4.79 Å². The fraction of sp³-hybridized carbons (Fsp3) is 0.235. The number of para-hydroxylation sites is 2. The van der Waals surface area contributed by atoms with Gasteiger partial charge < -0.3 is 5.32 Å². The average Bonchev–Trinajstić information content (AvgIpc) is 2.48. The molecule has 0 aromatic heterocycles. The van der Waals surface area contributed by atoms with Crippen molar-refractivity contribution in [3.63, 3.8) is 0 Å². The van der Waals surface area contributed by atoms with Crippen LogP contribution in [-0.2, 0) is 0 Å². The highest BCUT2D eigenvalue weighted by atomic mass is 32.2. The molecule has 2 aromatic carbocycles. The predicted octanol–water partition coefficient (Wildman–Crippen LogP) is 4.53. The molecule has 1 aliphatic rings. The van der Waals surface area contributed by atoms with Gasteiger partial charge in [-0.2, -0.15) is 0 Å². The topological polar surface area (TPSA) is 32.3 Å². The number of nitrogens with one attached hydrogen (secondary N) is 1. The number of fused-ring (bicyclic) bond motifs is 1. The summed E-state index contributed by atoms with van der Waals surface area (Å²) in [7, 11) is 0. The summed E-state index contributed by atoms with van der Waals surface area (Å²) in [6, 6.07) is 15.8. The number of aryl methyl sites for hydroxylation is 1. The van der Waals surface area contributed by atoms with Gasteiger partial charge in [-0.1, -0.05) is 37.3 Å².